The zero-order valence-corrected chi connectivity index (χ0v) is 17.2. The maximum absolute atomic E-state index is 12.4. The van der Waals surface area contributed by atoms with Gasteiger partial charge >= 0.3 is 5.97 Å². The minimum Gasteiger partial charge on any atom is -0.492 e. The van der Waals surface area contributed by atoms with Crippen LogP contribution in [0.2, 0.25) is 0 Å². The quantitative estimate of drug-likeness (QED) is 0.592. The molecule has 1 aliphatic heterocycles. The molecule has 156 valence electrons. The Morgan fingerprint density at radius 2 is 2.07 bits per heavy atom. The Hall–Kier alpha value is -2.12. The molecule has 1 heterocycles. The Morgan fingerprint density at radius 3 is 2.68 bits per heavy atom. The number of likely N-dealkylation sites (N-methyl/N-ethyl adjacent to an activating group) is 1. The summed E-state index contributed by atoms with van der Waals surface area (Å²) >= 11 is 0. The minimum absolute atomic E-state index is 0.00387. The molecule has 2 N–H and O–H groups in total. The first-order chi connectivity index (χ1) is 13.4. The molecule has 0 aliphatic carbocycles. The van der Waals surface area contributed by atoms with Crippen LogP contribution in [-0.2, 0) is 9.59 Å². The molecule has 1 fully saturated rings. The van der Waals surface area contributed by atoms with Gasteiger partial charge in [-0.3, -0.25) is 19.4 Å². The van der Waals surface area contributed by atoms with Crippen LogP contribution in [0.15, 0.2) is 24.3 Å². The lowest BCUT2D eigenvalue weighted by molar-refractivity contribution is -0.139. The Labute approximate surface area is 167 Å². The normalized spacial score (nSPS) is 16.7. The van der Waals surface area contributed by atoms with E-state index in [1.807, 2.05) is 49.9 Å². The first-order valence-electron chi connectivity index (χ1n) is 10.1. The van der Waals surface area contributed by atoms with Crippen molar-refractivity contribution in [2.24, 2.45) is 0 Å². The summed E-state index contributed by atoms with van der Waals surface area (Å²) < 4.78 is 5.67. The van der Waals surface area contributed by atoms with Crippen LogP contribution in [0.1, 0.15) is 32.3 Å². The van der Waals surface area contributed by atoms with Crippen LogP contribution in [0.5, 0.6) is 5.75 Å². The van der Waals surface area contributed by atoms with Crippen LogP contribution < -0.4 is 10.1 Å². The van der Waals surface area contributed by atoms with Crippen molar-refractivity contribution in [3.8, 4) is 5.75 Å². The summed E-state index contributed by atoms with van der Waals surface area (Å²) in [6.07, 6.45) is 1.77. The zero-order valence-electron chi connectivity index (χ0n) is 17.2. The van der Waals surface area contributed by atoms with Gasteiger partial charge < -0.3 is 15.2 Å². The molecule has 0 aromatic heterocycles. The number of carbonyl (C=O) groups excluding carboxylic acids is 1. The molecule has 28 heavy (non-hydrogen) atoms. The molecule has 0 saturated carbocycles. The molecule has 1 amide bonds. The maximum Gasteiger partial charge on any atom is 0.317 e. The van der Waals surface area contributed by atoms with Crippen LogP contribution in [0.3, 0.4) is 0 Å². The lowest BCUT2D eigenvalue weighted by Crippen LogP contribution is -2.52. The van der Waals surface area contributed by atoms with Gasteiger partial charge in [-0.2, -0.15) is 0 Å². The Balaban J connectivity index is 1.69. The molecule has 2 rings (SSSR count). The number of hydrogen-bond acceptors (Lipinski definition) is 5. The number of carboxylic acid groups (broad SMARTS) is 1. The number of nitrogens with one attached hydrogen (secondary N) is 1. The molecule has 0 spiro atoms. The van der Waals surface area contributed by atoms with Crippen molar-refractivity contribution in [3.63, 3.8) is 0 Å². The van der Waals surface area contributed by atoms with Crippen LogP contribution in [-0.4, -0.2) is 78.2 Å². The second kappa shape index (κ2) is 11.0. The summed E-state index contributed by atoms with van der Waals surface area (Å²) in [5.41, 5.74) is 1.14. The summed E-state index contributed by atoms with van der Waals surface area (Å²) in [6.45, 7) is 9.24. The van der Waals surface area contributed by atoms with Crippen LogP contribution in [0, 0.1) is 6.92 Å². The molecule has 1 unspecified atom stereocenters. The van der Waals surface area contributed by atoms with Crippen molar-refractivity contribution in [1.29, 1.82) is 0 Å². The molecule has 0 bridgehead atoms. The third kappa shape index (κ3) is 6.80. The molecule has 7 heteroatoms. The third-order valence-electron chi connectivity index (χ3n) is 5.35. The van der Waals surface area contributed by atoms with Gasteiger partial charge in [0.05, 0.1) is 19.1 Å². The van der Waals surface area contributed by atoms with Crippen LogP contribution >= 0.6 is 0 Å². The lowest BCUT2D eigenvalue weighted by atomic mass is 10.0. The average molecular weight is 392 g/mol. The largest absolute Gasteiger partial charge is 0.492 e. The Kier molecular flexibility index (Phi) is 8.73. The molecule has 1 aromatic rings. The first-order valence-corrected chi connectivity index (χ1v) is 10.1. The number of likely N-dealkylation sites (tertiary alicyclic amines) is 1. The molecule has 1 saturated heterocycles. The standard InChI is InChI=1S/C21H33N3O4/c1-4-23(15-20(25)26)18-8-11-24(12-9-18)17(3)21(27)22-10-13-28-19-7-5-6-16(2)14-19/h5-7,14,17-18H,4,8-13,15H2,1-3H3,(H,22,27)(H,25,26). The number of piperidine rings is 1. The van der Waals surface area contributed by atoms with Crippen molar-refractivity contribution in [3.05, 3.63) is 29.8 Å². The Morgan fingerprint density at radius 1 is 1.36 bits per heavy atom. The number of amides is 1. The van der Waals surface area contributed by atoms with E-state index in [0.717, 1.165) is 43.8 Å². The fraction of sp³-hybridized carbons (Fsp3) is 0.619. The minimum atomic E-state index is -0.787. The van der Waals surface area contributed by atoms with Crippen molar-refractivity contribution < 1.29 is 19.4 Å². The van der Waals surface area contributed by atoms with E-state index in [9.17, 15) is 9.59 Å². The van der Waals surface area contributed by atoms with Gasteiger partial charge in [-0.05, 0) is 50.9 Å². The zero-order chi connectivity index (χ0) is 20.5. The Bertz CT molecular complexity index is 644. The number of aliphatic carboxylic acids is 1. The van der Waals surface area contributed by atoms with Gasteiger partial charge in [-0.25, -0.2) is 0 Å². The first kappa shape index (κ1) is 22.2. The number of hydrogen-bond donors (Lipinski definition) is 2. The van der Waals surface area contributed by atoms with Crippen LogP contribution in [0.25, 0.3) is 0 Å². The summed E-state index contributed by atoms with van der Waals surface area (Å²) in [4.78, 5) is 27.6. The highest BCUT2D eigenvalue weighted by Gasteiger charge is 2.29. The topological polar surface area (TPSA) is 82.1 Å². The number of carbonyl (C=O) groups is 2. The van der Waals surface area contributed by atoms with E-state index >= 15 is 0 Å². The highest BCUT2D eigenvalue weighted by molar-refractivity contribution is 5.81. The monoisotopic (exact) mass is 391 g/mol. The van der Waals surface area contributed by atoms with Gasteiger partial charge in [0.15, 0.2) is 0 Å². The smallest absolute Gasteiger partial charge is 0.317 e. The molecule has 7 nitrogen and oxygen atoms in total. The number of aryl methyl sites for hydroxylation is 1. The summed E-state index contributed by atoms with van der Waals surface area (Å²) in [5.74, 6) is 0.0280. The van der Waals surface area contributed by atoms with Crippen molar-refractivity contribution in [1.82, 2.24) is 15.1 Å². The number of rotatable bonds is 10. The summed E-state index contributed by atoms with van der Waals surface area (Å²) in [5, 5.41) is 12.0. The van der Waals surface area contributed by atoms with E-state index in [1.54, 1.807) is 0 Å². The SMILES string of the molecule is CCN(CC(=O)O)C1CCN(C(C)C(=O)NCCOc2cccc(C)c2)CC1. The van der Waals surface area contributed by atoms with E-state index < -0.39 is 5.97 Å². The molecule has 1 aliphatic rings. The van der Waals surface area contributed by atoms with Crippen molar-refractivity contribution >= 4 is 11.9 Å². The fourth-order valence-electron chi connectivity index (χ4n) is 3.67. The predicted molar refractivity (Wildman–Crippen MR) is 109 cm³/mol. The highest BCUT2D eigenvalue weighted by atomic mass is 16.5. The van der Waals surface area contributed by atoms with E-state index in [0.29, 0.717) is 13.2 Å². The highest BCUT2D eigenvalue weighted by Crippen LogP contribution is 2.18. The molecule has 1 atom stereocenters. The predicted octanol–water partition coefficient (Wildman–Crippen LogP) is 1.75. The van der Waals surface area contributed by atoms with Gasteiger partial charge in [0.1, 0.15) is 12.4 Å². The number of benzene rings is 1. The summed E-state index contributed by atoms with van der Waals surface area (Å²) in [7, 11) is 0. The van der Waals surface area contributed by atoms with E-state index in [-0.39, 0.29) is 24.5 Å². The number of ether oxygens (including phenoxy) is 1. The van der Waals surface area contributed by atoms with E-state index in [2.05, 4.69) is 10.2 Å². The van der Waals surface area contributed by atoms with Gasteiger partial charge in [-0.1, -0.05) is 19.1 Å². The summed E-state index contributed by atoms with van der Waals surface area (Å²) in [6, 6.07) is 7.92. The molecular formula is C21H33N3O4. The lowest BCUT2D eigenvalue weighted by Gasteiger charge is -2.39. The number of carboxylic acids is 1. The van der Waals surface area contributed by atoms with Gasteiger partial charge in [-0.15, -0.1) is 0 Å². The van der Waals surface area contributed by atoms with Crippen molar-refractivity contribution in [2.45, 2.75) is 45.7 Å². The maximum atomic E-state index is 12.4. The van der Waals surface area contributed by atoms with E-state index in [4.69, 9.17) is 9.84 Å². The molecule has 0 radical (unpaired) electrons. The van der Waals surface area contributed by atoms with E-state index in [1.165, 1.54) is 0 Å². The van der Waals surface area contributed by atoms with Gasteiger partial charge in [0, 0.05) is 19.1 Å². The second-order valence-electron chi connectivity index (χ2n) is 7.36. The van der Waals surface area contributed by atoms with Crippen LogP contribution in [0.4, 0.5) is 0 Å². The second-order valence-corrected chi connectivity index (χ2v) is 7.36. The number of nitrogens with zero attached hydrogens (tertiary/aromatic N) is 2. The third-order valence-corrected chi connectivity index (χ3v) is 5.35. The molecular weight excluding hydrogens is 358 g/mol. The molecule has 1 aromatic carbocycles. The van der Waals surface area contributed by atoms with Crippen molar-refractivity contribution in [2.75, 3.05) is 39.3 Å². The fourth-order valence-corrected chi connectivity index (χ4v) is 3.67. The van der Waals surface area contributed by atoms with Gasteiger partial charge in [0.2, 0.25) is 5.91 Å². The van der Waals surface area contributed by atoms with Gasteiger partial charge in [0.25, 0.3) is 0 Å². The average Bonchev–Trinajstić information content (AvgIpc) is 2.68.